The second kappa shape index (κ2) is 7.97. The first-order chi connectivity index (χ1) is 12.9. The molecule has 0 radical (unpaired) electrons. The summed E-state index contributed by atoms with van der Waals surface area (Å²) >= 11 is 1.34. The van der Waals surface area contributed by atoms with Crippen molar-refractivity contribution >= 4 is 45.8 Å². The van der Waals surface area contributed by atoms with Crippen LogP contribution in [0.3, 0.4) is 0 Å². The molecule has 0 aliphatic rings. The van der Waals surface area contributed by atoms with Crippen molar-refractivity contribution < 1.29 is 23.1 Å². The SMILES string of the molecule is CCC(N(I)c1c(Nc2cccc(C(=O)N(C)C)c2O)c(=O)c1=O)C(F)(F)F. The van der Waals surface area contributed by atoms with E-state index in [0.717, 1.165) is 0 Å². The molecule has 0 saturated carbocycles. The fourth-order valence-corrected chi connectivity index (χ4v) is 3.74. The van der Waals surface area contributed by atoms with Gasteiger partial charge in [-0.3, -0.25) is 17.5 Å². The molecule has 2 N–H and O–H groups in total. The fourth-order valence-electron chi connectivity index (χ4n) is 2.57. The van der Waals surface area contributed by atoms with Gasteiger partial charge < -0.3 is 15.3 Å². The van der Waals surface area contributed by atoms with Crippen LogP contribution in [0.1, 0.15) is 23.7 Å². The largest absolute Gasteiger partial charge is 0.505 e. The number of aromatic hydroxyl groups is 1. The second-order valence-electron chi connectivity index (χ2n) is 6.19. The van der Waals surface area contributed by atoms with Crippen LogP contribution in [-0.2, 0) is 0 Å². The Morgan fingerprint density at radius 1 is 1.25 bits per heavy atom. The van der Waals surface area contributed by atoms with Crippen molar-refractivity contribution in [1.29, 1.82) is 0 Å². The molecule has 0 fully saturated rings. The Balaban J connectivity index is 2.45. The van der Waals surface area contributed by atoms with Gasteiger partial charge in [-0.1, -0.05) is 13.0 Å². The summed E-state index contributed by atoms with van der Waals surface area (Å²) < 4.78 is 40.2. The van der Waals surface area contributed by atoms with Crippen LogP contribution >= 0.6 is 22.9 Å². The zero-order valence-corrected chi connectivity index (χ0v) is 17.3. The van der Waals surface area contributed by atoms with E-state index >= 15 is 0 Å². The molecule has 1 amide bonds. The van der Waals surface area contributed by atoms with E-state index in [9.17, 15) is 32.7 Å². The monoisotopic (exact) mass is 511 g/mol. The van der Waals surface area contributed by atoms with Crippen molar-refractivity contribution in [3.63, 3.8) is 0 Å². The van der Waals surface area contributed by atoms with Crippen molar-refractivity contribution in [2.24, 2.45) is 0 Å². The molecule has 0 spiro atoms. The number of carbonyl (C=O) groups excluding carboxylic acids is 1. The Morgan fingerprint density at radius 3 is 2.36 bits per heavy atom. The third-order valence-corrected chi connectivity index (χ3v) is 5.22. The molecule has 0 aromatic heterocycles. The number of hydrogen-bond donors (Lipinski definition) is 2. The Morgan fingerprint density at radius 2 is 1.86 bits per heavy atom. The number of alkyl halides is 3. The average Bonchev–Trinajstić information content (AvgIpc) is 2.60. The standard InChI is InChI=1S/C17H17F3IN3O4/c1-4-10(17(18,19)20)24(21)12-11(14(26)15(12)27)22-9-7-5-6-8(13(9)25)16(28)23(2)3/h5-7,10,22,25H,4H2,1-3H3. The van der Waals surface area contributed by atoms with Crippen LogP contribution in [0.5, 0.6) is 5.75 Å². The Kier molecular flexibility index (Phi) is 6.26. The van der Waals surface area contributed by atoms with Gasteiger partial charge in [0.1, 0.15) is 17.4 Å². The molecule has 2 aromatic carbocycles. The lowest BCUT2D eigenvalue weighted by Crippen LogP contribution is -2.47. The highest BCUT2D eigenvalue weighted by molar-refractivity contribution is 14.1. The summed E-state index contributed by atoms with van der Waals surface area (Å²) in [7, 11) is 2.96. The maximum absolute atomic E-state index is 13.2. The average molecular weight is 511 g/mol. The lowest BCUT2D eigenvalue weighted by molar-refractivity contribution is -0.145. The maximum atomic E-state index is 13.2. The molecular weight excluding hydrogens is 494 g/mol. The van der Waals surface area contributed by atoms with Gasteiger partial charge in [-0.25, -0.2) is 0 Å². The van der Waals surface area contributed by atoms with Gasteiger partial charge in [0.15, 0.2) is 5.75 Å². The molecule has 2 rings (SSSR count). The smallest absolute Gasteiger partial charge is 0.409 e. The van der Waals surface area contributed by atoms with E-state index in [0.29, 0.717) is 3.11 Å². The number of hydrogen-bond acceptors (Lipinski definition) is 6. The lowest BCUT2D eigenvalue weighted by Gasteiger charge is -2.30. The number of benzene rings is 1. The number of carbonyl (C=O) groups is 1. The van der Waals surface area contributed by atoms with Crippen molar-refractivity contribution in [3.05, 3.63) is 44.2 Å². The zero-order valence-electron chi connectivity index (χ0n) is 15.1. The first-order valence-electron chi connectivity index (χ1n) is 8.07. The summed E-state index contributed by atoms with van der Waals surface area (Å²) in [5, 5.41) is 12.8. The molecule has 28 heavy (non-hydrogen) atoms. The fraction of sp³-hybridized carbons (Fsp3) is 0.353. The molecule has 1 unspecified atom stereocenters. The number of phenols is 1. The van der Waals surface area contributed by atoms with Crippen LogP contribution in [0.25, 0.3) is 0 Å². The van der Waals surface area contributed by atoms with Crippen LogP contribution in [0.2, 0.25) is 0 Å². The molecule has 0 bridgehead atoms. The van der Waals surface area contributed by atoms with E-state index in [-0.39, 0.29) is 23.4 Å². The van der Waals surface area contributed by atoms with Crippen molar-refractivity contribution in [2.45, 2.75) is 25.6 Å². The molecule has 0 saturated heterocycles. The van der Waals surface area contributed by atoms with Crippen LogP contribution in [0, 0.1) is 0 Å². The maximum Gasteiger partial charge on any atom is 0.409 e. The molecule has 1 atom stereocenters. The number of phenolic OH excluding ortho intramolecular Hbond substituents is 1. The van der Waals surface area contributed by atoms with Crippen molar-refractivity contribution in [3.8, 4) is 5.75 Å². The summed E-state index contributed by atoms with van der Waals surface area (Å²) in [6, 6.07) is 2.15. The second-order valence-corrected chi connectivity index (χ2v) is 7.22. The molecular formula is C17H17F3IN3O4. The minimum atomic E-state index is -4.60. The van der Waals surface area contributed by atoms with Gasteiger partial charge in [-0.15, -0.1) is 0 Å². The number of nitrogens with one attached hydrogen (secondary N) is 1. The molecule has 152 valence electrons. The molecule has 2 aromatic rings. The van der Waals surface area contributed by atoms with E-state index in [2.05, 4.69) is 5.32 Å². The Hall–Kier alpha value is -2.31. The number of rotatable bonds is 6. The first-order valence-corrected chi connectivity index (χ1v) is 9.03. The number of anilines is 3. The van der Waals surface area contributed by atoms with Gasteiger partial charge in [0.2, 0.25) is 0 Å². The normalized spacial score (nSPS) is 12.7. The Labute approximate surface area is 171 Å². The van der Waals surface area contributed by atoms with Gasteiger partial charge in [0.05, 0.1) is 34.1 Å². The van der Waals surface area contributed by atoms with Gasteiger partial charge in [-0.2, -0.15) is 13.2 Å². The van der Waals surface area contributed by atoms with Gasteiger partial charge in [0, 0.05) is 14.1 Å². The zero-order chi connectivity index (χ0) is 21.4. The highest BCUT2D eigenvalue weighted by Crippen LogP contribution is 2.38. The van der Waals surface area contributed by atoms with E-state index in [1.165, 1.54) is 67.0 Å². The minimum Gasteiger partial charge on any atom is -0.505 e. The van der Waals surface area contributed by atoms with Gasteiger partial charge in [-0.05, 0) is 18.6 Å². The van der Waals surface area contributed by atoms with Crippen molar-refractivity contribution in [1.82, 2.24) is 4.90 Å². The molecule has 7 nitrogen and oxygen atoms in total. The third kappa shape index (κ3) is 3.93. The highest BCUT2D eigenvalue weighted by Gasteiger charge is 2.44. The summed E-state index contributed by atoms with van der Waals surface area (Å²) in [6.45, 7) is 1.31. The van der Waals surface area contributed by atoms with Gasteiger partial charge >= 0.3 is 6.18 Å². The summed E-state index contributed by atoms with van der Waals surface area (Å²) in [6.07, 6.45) is -4.93. The van der Waals surface area contributed by atoms with Crippen LogP contribution in [0.15, 0.2) is 27.8 Å². The molecule has 0 aliphatic carbocycles. The summed E-state index contributed by atoms with van der Waals surface area (Å²) in [4.78, 5) is 37.2. The Bertz CT molecular complexity index is 968. The van der Waals surface area contributed by atoms with E-state index < -0.39 is 40.4 Å². The quantitative estimate of drug-likeness (QED) is 0.269. The summed E-state index contributed by atoms with van der Waals surface area (Å²) in [5.74, 6) is -0.993. The minimum absolute atomic E-state index is 0.0664. The number of halogens is 4. The van der Waals surface area contributed by atoms with Gasteiger partial charge in [0.25, 0.3) is 16.8 Å². The van der Waals surface area contributed by atoms with E-state index in [1.807, 2.05) is 0 Å². The number of nitrogens with zero attached hydrogens (tertiary/aromatic N) is 2. The van der Waals surface area contributed by atoms with Crippen LogP contribution < -0.4 is 19.3 Å². The predicted octanol–water partition coefficient (Wildman–Crippen LogP) is 2.93. The molecule has 0 heterocycles. The summed E-state index contributed by atoms with van der Waals surface area (Å²) in [5.41, 5.74) is -3.00. The third-order valence-electron chi connectivity index (χ3n) is 4.07. The first kappa shape index (κ1) is 22.0. The highest BCUT2D eigenvalue weighted by atomic mass is 127. The number of amides is 1. The predicted molar refractivity (Wildman–Crippen MR) is 107 cm³/mol. The van der Waals surface area contributed by atoms with Crippen LogP contribution in [-0.4, -0.2) is 42.2 Å². The topological polar surface area (TPSA) is 89.9 Å². The van der Waals surface area contributed by atoms with E-state index in [4.69, 9.17) is 0 Å². The molecule has 11 heteroatoms. The number of para-hydroxylation sites is 1. The lowest BCUT2D eigenvalue weighted by atomic mass is 10.1. The van der Waals surface area contributed by atoms with E-state index in [1.54, 1.807) is 0 Å². The van der Waals surface area contributed by atoms with Crippen LogP contribution in [0.4, 0.5) is 30.2 Å². The molecule has 0 aliphatic heterocycles. The van der Waals surface area contributed by atoms with Crippen molar-refractivity contribution in [2.75, 3.05) is 22.5 Å².